The third kappa shape index (κ3) is 3.67. The van der Waals surface area contributed by atoms with Crippen LogP contribution in [0.15, 0.2) is 48.5 Å². The van der Waals surface area contributed by atoms with Gasteiger partial charge in [0.1, 0.15) is 29.8 Å². The van der Waals surface area contributed by atoms with Crippen LogP contribution in [0.4, 0.5) is 11.8 Å². The topological polar surface area (TPSA) is 111 Å². The summed E-state index contributed by atoms with van der Waals surface area (Å²) in [6.07, 6.45) is 0. The van der Waals surface area contributed by atoms with Gasteiger partial charge in [0.05, 0.1) is 5.69 Å². The molecule has 0 unspecified atom stereocenters. The van der Waals surface area contributed by atoms with Crippen molar-refractivity contribution >= 4 is 11.8 Å². The average Bonchev–Trinajstić information content (AvgIpc) is 2.60. The highest BCUT2D eigenvalue weighted by molar-refractivity contribution is 5.73. The molecule has 0 aliphatic heterocycles. The SMILES string of the molecule is Cc1cccc(COc2ccc(-c3nc(N)nc(N)c3C#N)cc2)c1. The third-order valence-electron chi connectivity index (χ3n) is 3.68. The van der Waals surface area contributed by atoms with Crippen molar-refractivity contribution in [3.8, 4) is 23.1 Å². The zero-order valence-corrected chi connectivity index (χ0v) is 13.7. The maximum Gasteiger partial charge on any atom is 0.222 e. The monoisotopic (exact) mass is 331 g/mol. The number of rotatable bonds is 4. The normalized spacial score (nSPS) is 10.2. The molecule has 6 nitrogen and oxygen atoms in total. The molecular weight excluding hydrogens is 314 g/mol. The Balaban J connectivity index is 1.80. The van der Waals surface area contributed by atoms with E-state index >= 15 is 0 Å². The largest absolute Gasteiger partial charge is 0.489 e. The highest BCUT2D eigenvalue weighted by atomic mass is 16.5. The lowest BCUT2D eigenvalue weighted by molar-refractivity contribution is 0.306. The van der Waals surface area contributed by atoms with Gasteiger partial charge in [-0.1, -0.05) is 29.8 Å². The first kappa shape index (κ1) is 16.3. The van der Waals surface area contributed by atoms with E-state index in [0.717, 1.165) is 16.9 Å². The van der Waals surface area contributed by atoms with Crippen molar-refractivity contribution in [2.45, 2.75) is 13.5 Å². The van der Waals surface area contributed by atoms with Crippen LogP contribution in [-0.2, 0) is 6.61 Å². The maximum absolute atomic E-state index is 9.26. The average molecular weight is 331 g/mol. The minimum absolute atomic E-state index is 0.0336. The van der Waals surface area contributed by atoms with Crippen LogP contribution in [0.3, 0.4) is 0 Å². The molecule has 0 bridgehead atoms. The lowest BCUT2D eigenvalue weighted by Gasteiger charge is -2.09. The fourth-order valence-corrected chi connectivity index (χ4v) is 2.49. The second kappa shape index (κ2) is 6.89. The van der Waals surface area contributed by atoms with Crippen LogP contribution >= 0.6 is 0 Å². The number of ether oxygens (including phenoxy) is 1. The molecule has 0 radical (unpaired) electrons. The summed E-state index contributed by atoms with van der Waals surface area (Å²) in [4.78, 5) is 7.95. The molecule has 1 aromatic heterocycles. The van der Waals surface area contributed by atoms with E-state index < -0.39 is 0 Å². The van der Waals surface area contributed by atoms with Crippen LogP contribution in [0, 0.1) is 18.3 Å². The van der Waals surface area contributed by atoms with Crippen LogP contribution in [0.5, 0.6) is 5.75 Å². The molecule has 0 atom stereocenters. The highest BCUT2D eigenvalue weighted by Crippen LogP contribution is 2.27. The zero-order valence-electron chi connectivity index (χ0n) is 13.7. The number of nitriles is 1. The van der Waals surface area contributed by atoms with Gasteiger partial charge in [0.2, 0.25) is 5.95 Å². The molecule has 25 heavy (non-hydrogen) atoms. The molecule has 2 aromatic carbocycles. The van der Waals surface area contributed by atoms with Crippen LogP contribution in [0.1, 0.15) is 16.7 Å². The van der Waals surface area contributed by atoms with Crippen molar-refractivity contribution in [2.75, 3.05) is 11.5 Å². The Labute approximate surface area is 145 Å². The fraction of sp³-hybridized carbons (Fsp3) is 0.105. The minimum atomic E-state index is 0.0336. The van der Waals surface area contributed by atoms with Gasteiger partial charge in [-0.3, -0.25) is 0 Å². The van der Waals surface area contributed by atoms with Gasteiger partial charge in [-0.2, -0.15) is 10.2 Å². The molecule has 6 heteroatoms. The second-order valence-corrected chi connectivity index (χ2v) is 5.60. The fourth-order valence-electron chi connectivity index (χ4n) is 2.49. The second-order valence-electron chi connectivity index (χ2n) is 5.60. The molecule has 0 aliphatic rings. The summed E-state index contributed by atoms with van der Waals surface area (Å²) in [7, 11) is 0. The first-order valence-electron chi connectivity index (χ1n) is 7.68. The standard InChI is InChI=1S/C19H17N5O/c1-12-3-2-4-13(9-12)11-25-15-7-5-14(6-8-15)17-16(10-20)18(21)24-19(22)23-17/h2-9H,11H2,1H3,(H4,21,22,23,24). The molecule has 0 aliphatic carbocycles. The van der Waals surface area contributed by atoms with Crippen molar-refractivity contribution in [1.29, 1.82) is 5.26 Å². The van der Waals surface area contributed by atoms with E-state index in [4.69, 9.17) is 16.2 Å². The number of nitrogens with zero attached hydrogens (tertiary/aromatic N) is 3. The van der Waals surface area contributed by atoms with Gasteiger partial charge in [0.25, 0.3) is 0 Å². The number of anilines is 2. The first-order chi connectivity index (χ1) is 12.1. The van der Waals surface area contributed by atoms with E-state index in [-0.39, 0.29) is 17.3 Å². The number of hydrogen-bond donors (Lipinski definition) is 2. The molecule has 0 spiro atoms. The van der Waals surface area contributed by atoms with Gasteiger partial charge >= 0.3 is 0 Å². The number of nitrogens with two attached hydrogens (primary N) is 2. The molecule has 0 saturated heterocycles. The number of nitrogen functional groups attached to an aromatic ring is 2. The van der Waals surface area contributed by atoms with Crippen molar-refractivity contribution in [3.05, 3.63) is 65.2 Å². The number of aryl methyl sites for hydroxylation is 1. The first-order valence-corrected chi connectivity index (χ1v) is 7.68. The van der Waals surface area contributed by atoms with Crippen LogP contribution in [-0.4, -0.2) is 9.97 Å². The molecular formula is C19H17N5O. The maximum atomic E-state index is 9.26. The van der Waals surface area contributed by atoms with Gasteiger partial charge in [-0.05, 0) is 36.8 Å². The Morgan fingerprint density at radius 3 is 2.52 bits per heavy atom. The quantitative estimate of drug-likeness (QED) is 0.760. The Hall–Kier alpha value is -3.59. The van der Waals surface area contributed by atoms with Gasteiger partial charge < -0.3 is 16.2 Å². The minimum Gasteiger partial charge on any atom is -0.489 e. The third-order valence-corrected chi connectivity index (χ3v) is 3.68. The number of hydrogen-bond acceptors (Lipinski definition) is 6. The van der Waals surface area contributed by atoms with E-state index in [1.165, 1.54) is 5.56 Å². The Morgan fingerprint density at radius 1 is 1.08 bits per heavy atom. The van der Waals surface area contributed by atoms with Crippen LogP contribution in [0.2, 0.25) is 0 Å². The van der Waals surface area contributed by atoms with Crippen molar-refractivity contribution < 1.29 is 4.74 Å². The smallest absolute Gasteiger partial charge is 0.222 e. The van der Waals surface area contributed by atoms with Gasteiger partial charge in [-0.25, -0.2) is 4.98 Å². The summed E-state index contributed by atoms with van der Waals surface area (Å²) in [6, 6.07) is 17.4. The lowest BCUT2D eigenvalue weighted by atomic mass is 10.1. The van der Waals surface area contributed by atoms with E-state index in [1.807, 2.05) is 55.5 Å². The summed E-state index contributed by atoms with van der Waals surface area (Å²) >= 11 is 0. The zero-order chi connectivity index (χ0) is 17.8. The van der Waals surface area contributed by atoms with E-state index in [0.29, 0.717) is 12.3 Å². The van der Waals surface area contributed by atoms with Crippen LogP contribution < -0.4 is 16.2 Å². The van der Waals surface area contributed by atoms with Gasteiger partial charge in [0, 0.05) is 5.56 Å². The Morgan fingerprint density at radius 2 is 1.84 bits per heavy atom. The van der Waals surface area contributed by atoms with Gasteiger partial charge in [-0.15, -0.1) is 0 Å². The van der Waals surface area contributed by atoms with Gasteiger partial charge in [0.15, 0.2) is 0 Å². The predicted molar refractivity (Wildman–Crippen MR) is 96.5 cm³/mol. The molecule has 1 heterocycles. The molecule has 3 aromatic rings. The molecule has 0 fully saturated rings. The van der Waals surface area contributed by atoms with E-state index in [2.05, 4.69) is 16.0 Å². The van der Waals surface area contributed by atoms with Crippen molar-refractivity contribution in [3.63, 3.8) is 0 Å². The molecule has 124 valence electrons. The molecule has 4 N–H and O–H groups in total. The number of aromatic nitrogens is 2. The molecule has 0 amide bonds. The number of benzene rings is 2. The summed E-state index contributed by atoms with van der Waals surface area (Å²) in [5.74, 6) is 0.829. The molecule has 3 rings (SSSR count). The van der Waals surface area contributed by atoms with Crippen LogP contribution in [0.25, 0.3) is 11.3 Å². The van der Waals surface area contributed by atoms with Crippen molar-refractivity contribution in [1.82, 2.24) is 9.97 Å². The van der Waals surface area contributed by atoms with E-state index in [9.17, 15) is 5.26 Å². The highest BCUT2D eigenvalue weighted by Gasteiger charge is 2.13. The molecule has 0 saturated carbocycles. The predicted octanol–water partition coefficient (Wildman–Crippen LogP) is 3.07. The van der Waals surface area contributed by atoms with Crippen molar-refractivity contribution in [2.24, 2.45) is 0 Å². The summed E-state index contributed by atoms with van der Waals surface area (Å²) in [5, 5.41) is 9.26. The van der Waals surface area contributed by atoms with E-state index in [1.54, 1.807) is 0 Å². The summed E-state index contributed by atoms with van der Waals surface area (Å²) in [6.45, 7) is 2.53. The Bertz CT molecular complexity index is 945. The summed E-state index contributed by atoms with van der Waals surface area (Å²) in [5.41, 5.74) is 15.0. The summed E-state index contributed by atoms with van der Waals surface area (Å²) < 4.78 is 5.79. The lowest BCUT2D eigenvalue weighted by Crippen LogP contribution is -2.05. The Kier molecular flexibility index (Phi) is 4.48.